The van der Waals surface area contributed by atoms with Gasteiger partial charge in [0.05, 0.1) is 15.8 Å². The van der Waals surface area contributed by atoms with Crippen LogP contribution in [0.15, 0.2) is 93.2 Å². The van der Waals surface area contributed by atoms with Gasteiger partial charge in [-0.1, -0.05) is 41.1 Å². The van der Waals surface area contributed by atoms with E-state index in [1.54, 1.807) is 61.5 Å². The van der Waals surface area contributed by atoms with E-state index in [0.717, 1.165) is 5.56 Å². The fourth-order valence-corrected chi connectivity index (χ4v) is 5.37. The molecule has 0 aliphatic rings. The smallest absolute Gasteiger partial charge is 0.261 e. The third-order valence-corrected chi connectivity index (χ3v) is 7.88. The molecule has 0 saturated heterocycles. The van der Waals surface area contributed by atoms with Gasteiger partial charge in [-0.3, -0.25) is 4.72 Å². The largest absolute Gasteiger partial charge is 0.337 e. The summed E-state index contributed by atoms with van der Waals surface area (Å²) in [4.78, 5) is 4.57. The van der Waals surface area contributed by atoms with E-state index in [9.17, 15) is 16.8 Å². The Balaban J connectivity index is 1.46. The number of nitrogens with one attached hydrogen (secondary N) is 2. The fraction of sp³-hybridized carbons (Fsp3) is 0.130. The predicted molar refractivity (Wildman–Crippen MR) is 127 cm³/mol. The summed E-state index contributed by atoms with van der Waals surface area (Å²) in [7, 11) is -7.47. The standard InChI is InChI=1S/C23H22N4O5S2/c1-16-8-14-21(15-9-16)33(28,29)26-17(2)23-24-22(25-32-23)18-10-12-19(13-11-18)27-34(30,31)20-6-4-3-5-7-20/h3-15,17,26-27H,1-2H3. The molecule has 4 aromatic rings. The quantitative estimate of drug-likeness (QED) is 0.377. The van der Waals surface area contributed by atoms with Gasteiger partial charge in [-0.05, 0) is 62.4 Å². The first-order chi connectivity index (χ1) is 16.1. The number of anilines is 1. The second kappa shape index (κ2) is 9.37. The second-order valence-corrected chi connectivity index (χ2v) is 11.0. The van der Waals surface area contributed by atoms with E-state index in [1.165, 1.54) is 24.3 Å². The summed E-state index contributed by atoms with van der Waals surface area (Å²) in [6, 6.07) is 20.2. The van der Waals surface area contributed by atoms with E-state index in [0.29, 0.717) is 11.3 Å². The number of benzene rings is 3. The summed E-state index contributed by atoms with van der Waals surface area (Å²) < 4.78 is 60.4. The molecule has 0 amide bonds. The Hall–Kier alpha value is -3.54. The van der Waals surface area contributed by atoms with Crippen LogP contribution in [0.3, 0.4) is 0 Å². The third kappa shape index (κ3) is 5.33. The van der Waals surface area contributed by atoms with Gasteiger partial charge in [-0.15, -0.1) is 0 Å². The van der Waals surface area contributed by atoms with Gasteiger partial charge in [0, 0.05) is 11.3 Å². The number of aromatic nitrogens is 2. The summed E-state index contributed by atoms with van der Waals surface area (Å²) in [6.07, 6.45) is 0. The summed E-state index contributed by atoms with van der Waals surface area (Å²) in [6.45, 7) is 3.47. The lowest BCUT2D eigenvalue weighted by molar-refractivity contribution is 0.354. The van der Waals surface area contributed by atoms with Crippen LogP contribution in [0.25, 0.3) is 11.4 Å². The molecule has 0 fully saturated rings. The zero-order valence-corrected chi connectivity index (χ0v) is 20.0. The number of hydrogen-bond acceptors (Lipinski definition) is 7. The molecule has 0 spiro atoms. The molecule has 176 valence electrons. The van der Waals surface area contributed by atoms with Gasteiger partial charge in [0.25, 0.3) is 10.0 Å². The highest BCUT2D eigenvalue weighted by Crippen LogP contribution is 2.23. The van der Waals surface area contributed by atoms with Gasteiger partial charge in [-0.25, -0.2) is 16.8 Å². The van der Waals surface area contributed by atoms with E-state index in [-0.39, 0.29) is 21.5 Å². The van der Waals surface area contributed by atoms with Crippen molar-refractivity contribution in [3.8, 4) is 11.4 Å². The number of sulfonamides is 2. The van der Waals surface area contributed by atoms with Crippen molar-refractivity contribution >= 4 is 25.7 Å². The van der Waals surface area contributed by atoms with Gasteiger partial charge in [0.15, 0.2) is 0 Å². The Kier molecular flexibility index (Phi) is 6.51. The number of aryl methyl sites for hydroxylation is 1. The van der Waals surface area contributed by atoms with Crippen molar-refractivity contribution in [3.05, 3.63) is 90.3 Å². The van der Waals surface area contributed by atoms with Crippen LogP contribution in [-0.2, 0) is 20.0 Å². The molecule has 0 radical (unpaired) electrons. The van der Waals surface area contributed by atoms with E-state index in [2.05, 4.69) is 19.6 Å². The van der Waals surface area contributed by atoms with Gasteiger partial charge in [0.1, 0.15) is 0 Å². The Morgan fingerprint density at radius 3 is 2.06 bits per heavy atom. The average Bonchev–Trinajstić information content (AvgIpc) is 3.31. The lowest BCUT2D eigenvalue weighted by atomic mass is 10.2. The van der Waals surface area contributed by atoms with Crippen LogP contribution in [0.1, 0.15) is 24.4 Å². The Morgan fingerprint density at radius 2 is 1.41 bits per heavy atom. The van der Waals surface area contributed by atoms with Crippen molar-refractivity contribution in [1.82, 2.24) is 14.9 Å². The molecule has 0 saturated carbocycles. The second-order valence-electron chi connectivity index (χ2n) is 7.61. The lowest BCUT2D eigenvalue weighted by Gasteiger charge is -2.10. The molecule has 34 heavy (non-hydrogen) atoms. The topological polar surface area (TPSA) is 131 Å². The van der Waals surface area contributed by atoms with Crippen LogP contribution in [-0.4, -0.2) is 27.0 Å². The Morgan fingerprint density at radius 1 is 0.794 bits per heavy atom. The van der Waals surface area contributed by atoms with E-state index >= 15 is 0 Å². The van der Waals surface area contributed by atoms with Crippen LogP contribution in [0, 0.1) is 6.92 Å². The molecule has 1 unspecified atom stereocenters. The minimum Gasteiger partial charge on any atom is -0.337 e. The Labute approximate surface area is 198 Å². The fourth-order valence-electron chi connectivity index (χ4n) is 3.10. The first-order valence-electron chi connectivity index (χ1n) is 10.2. The number of nitrogens with zero attached hydrogens (tertiary/aromatic N) is 2. The molecule has 3 aromatic carbocycles. The van der Waals surface area contributed by atoms with Crippen molar-refractivity contribution in [3.63, 3.8) is 0 Å². The summed E-state index contributed by atoms with van der Waals surface area (Å²) in [5, 5.41) is 3.91. The molecule has 0 aliphatic heterocycles. The molecule has 11 heteroatoms. The monoisotopic (exact) mass is 498 g/mol. The van der Waals surface area contributed by atoms with Crippen molar-refractivity contribution in [2.45, 2.75) is 29.7 Å². The maximum Gasteiger partial charge on any atom is 0.261 e. The normalized spacial score (nSPS) is 12.9. The van der Waals surface area contributed by atoms with Crippen molar-refractivity contribution < 1.29 is 21.4 Å². The highest BCUT2D eigenvalue weighted by Gasteiger charge is 2.23. The molecule has 1 aromatic heterocycles. The molecular weight excluding hydrogens is 476 g/mol. The SMILES string of the molecule is Cc1ccc(S(=O)(=O)NC(C)c2nc(-c3ccc(NS(=O)(=O)c4ccccc4)cc3)no2)cc1. The predicted octanol–water partition coefficient (Wildman–Crippen LogP) is 3.89. The minimum atomic E-state index is -3.77. The van der Waals surface area contributed by atoms with Gasteiger partial charge < -0.3 is 4.52 Å². The summed E-state index contributed by atoms with van der Waals surface area (Å²) in [5.74, 6) is 0.341. The zero-order valence-electron chi connectivity index (χ0n) is 18.3. The maximum atomic E-state index is 12.6. The first-order valence-corrected chi connectivity index (χ1v) is 13.2. The van der Waals surface area contributed by atoms with Crippen molar-refractivity contribution in [2.75, 3.05) is 4.72 Å². The summed E-state index contributed by atoms with van der Waals surface area (Å²) in [5.41, 5.74) is 1.90. The molecule has 4 rings (SSSR count). The highest BCUT2D eigenvalue weighted by atomic mass is 32.2. The Bertz CT molecular complexity index is 1480. The minimum absolute atomic E-state index is 0.0968. The number of hydrogen-bond donors (Lipinski definition) is 2. The average molecular weight is 499 g/mol. The molecular formula is C23H22N4O5S2. The van der Waals surface area contributed by atoms with Gasteiger partial charge >= 0.3 is 0 Å². The molecule has 2 N–H and O–H groups in total. The molecule has 0 bridgehead atoms. The van der Waals surface area contributed by atoms with Crippen LogP contribution in [0.4, 0.5) is 5.69 Å². The third-order valence-electron chi connectivity index (χ3n) is 4.92. The van der Waals surface area contributed by atoms with Crippen LogP contribution < -0.4 is 9.44 Å². The van der Waals surface area contributed by atoms with E-state index in [1.807, 2.05) is 6.92 Å². The van der Waals surface area contributed by atoms with Gasteiger partial charge in [0.2, 0.25) is 21.7 Å². The maximum absolute atomic E-state index is 12.6. The molecule has 0 aliphatic carbocycles. The number of rotatable bonds is 8. The molecule has 1 atom stereocenters. The van der Waals surface area contributed by atoms with Crippen LogP contribution in [0.5, 0.6) is 0 Å². The lowest BCUT2D eigenvalue weighted by Crippen LogP contribution is -2.27. The highest BCUT2D eigenvalue weighted by molar-refractivity contribution is 7.92. The molecule has 1 heterocycles. The van der Waals surface area contributed by atoms with Crippen molar-refractivity contribution in [2.24, 2.45) is 0 Å². The zero-order chi connectivity index (χ0) is 24.3. The molecule has 9 nitrogen and oxygen atoms in total. The first kappa shape index (κ1) is 23.6. The van der Waals surface area contributed by atoms with Crippen LogP contribution in [0.2, 0.25) is 0 Å². The summed E-state index contributed by atoms with van der Waals surface area (Å²) >= 11 is 0. The van der Waals surface area contributed by atoms with E-state index in [4.69, 9.17) is 4.52 Å². The van der Waals surface area contributed by atoms with Crippen LogP contribution >= 0.6 is 0 Å². The van der Waals surface area contributed by atoms with Crippen molar-refractivity contribution in [1.29, 1.82) is 0 Å². The van der Waals surface area contributed by atoms with Gasteiger partial charge in [-0.2, -0.15) is 9.71 Å². The van der Waals surface area contributed by atoms with E-state index < -0.39 is 26.1 Å².